The standard InChI is InChI=1S/C25H22F6N2O4S/c1-33(38(35,36)21-6-4-3-5-7-21)22(16-8-10-20(37-2)11-9-16)15-23(34)32-19-13-17(24(26,27)28)12-18(14-19)25(29,30)31/h3-14,22H,15H2,1-2H3,(H,32,34)/t22-/m1/s1. The van der Waals surface area contributed by atoms with Crippen molar-refractivity contribution in [3.05, 3.63) is 89.5 Å². The number of alkyl halides is 6. The lowest BCUT2D eigenvalue weighted by Gasteiger charge is -2.28. The van der Waals surface area contributed by atoms with Crippen LogP contribution in [0.15, 0.2) is 77.7 Å². The van der Waals surface area contributed by atoms with Crippen molar-refractivity contribution in [1.82, 2.24) is 4.31 Å². The van der Waals surface area contributed by atoms with Crippen molar-refractivity contribution < 1.29 is 44.3 Å². The third kappa shape index (κ3) is 6.84. The molecular formula is C25H22F6N2O4S. The predicted molar refractivity (Wildman–Crippen MR) is 127 cm³/mol. The summed E-state index contributed by atoms with van der Waals surface area (Å²) >= 11 is 0. The van der Waals surface area contributed by atoms with Gasteiger partial charge in [0, 0.05) is 19.2 Å². The van der Waals surface area contributed by atoms with Crippen LogP contribution in [0.4, 0.5) is 32.0 Å². The SMILES string of the molecule is COc1ccc([C@@H](CC(=O)Nc2cc(C(F)(F)F)cc(C(F)(F)F)c2)N(C)S(=O)(=O)c2ccccc2)cc1. The number of benzene rings is 3. The summed E-state index contributed by atoms with van der Waals surface area (Å²) in [6, 6.07) is 12.9. The highest BCUT2D eigenvalue weighted by Gasteiger charge is 2.37. The largest absolute Gasteiger partial charge is 0.497 e. The Bertz CT molecular complexity index is 1340. The number of anilines is 1. The first-order valence-electron chi connectivity index (χ1n) is 10.9. The molecule has 3 aromatic rings. The van der Waals surface area contributed by atoms with Gasteiger partial charge in [0.05, 0.1) is 29.2 Å². The minimum absolute atomic E-state index is 0.0595. The molecule has 204 valence electrons. The first-order valence-corrected chi connectivity index (χ1v) is 12.3. The molecular weight excluding hydrogens is 538 g/mol. The number of nitrogens with zero attached hydrogens (tertiary/aromatic N) is 1. The minimum Gasteiger partial charge on any atom is -0.497 e. The van der Waals surface area contributed by atoms with Gasteiger partial charge in [-0.2, -0.15) is 30.6 Å². The van der Waals surface area contributed by atoms with Crippen LogP contribution >= 0.6 is 0 Å². The zero-order valence-electron chi connectivity index (χ0n) is 20.0. The van der Waals surface area contributed by atoms with E-state index in [9.17, 15) is 39.6 Å². The average Bonchev–Trinajstić information content (AvgIpc) is 2.86. The molecule has 13 heteroatoms. The number of amides is 1. The average molecular weight is 561 g/mol. The Morgan fingerprint density at radius 3 is 1.89 bits per heavy atom. The van der Waals surface area contributed by atoms with E-state index in [0.29, 0.717) is 23.4 Å². The summed E-state index contributed by atoms with van der Waals surface area (Å²) in [7, 11) is -1.52. The maximum Gasteiger partial charge on any atom is 0.416 e. The molecule has 38 heavy (non-hydrogen) atoms. The summed E-state index contributed by atoms with van der Waals surface area (Å²) in [6.07, 6.45) is -10.8. The number of rotatable bonds is 8. The molecule has 3 aromatic carbocycles. The molecule has 0 aromatic heterocycles. The number of hydrogen-bond acceptors (Lipinski definition) is 4. The molecule has 0 spiro atoms. The fourth-order valence-corrected chi connectivity index (χ4v) is 4.99. The lowest BCUT2D eigenvalue weighted by Crippen LogP contribution is -2.34. The van der Waals surface area contributed by atoms with Gasteiger partial charge in [-0.3, -0.25) is 4.79 Å². The van der Waals surface area contributed by atoms with Gasteiger partial charge in [-0.25, -0.2) is 8.42 Å². The number of methoxy groups -OCH3 is 1. The van der Waals surface area contributed by atoms with Crippen LogP contribution in [0.1, 0.15) is 29.2 Å². The Kier molecular flexibility index (Phi) is 8.42. The van der Waals surface area contributed by atoms with Gasteiger partial charge in [-0.05, 0) is 48.0 Å². The Morgan fingerprint density at radius 2 is 1.42 bits per heavy atom. The number of sulfonamides is 1. The second kappa shape index (κ2) is 11.0. The topological polar surface area (TPSA) is 75.7 Å². The molecule has 0 radical (unpaired) electrons. The summed E-state index contributed by atoms with van der Waals surface area (Å²) in [5.41, 5.74) is -3.60. The van der Waals surface area contributed by atoms with Crippen LogP contribution in [0, 0.1) is 0 Å². The fourth-order valence-electron chi connectivity index (χ4n) is 3.62. The van der Waals surface area contributed by atoms with Crippen molar-refractivity contribution in [2.75, 3.05) is 19.5 Å². The quantitative estimate of drug-likeness (QED) is 0.337. The molecule has 6 nitrogen and oxygen atoms in total. The van der Waals surface area contributed by atoms with E-state index in [1.165, 1.54) is 62.7 Å². The molecule has 0 fully saturated rings. The van der Waals surface area contributed by atoms with Crippen LogP contribution in [0.2, 0.25) is 0 Å². The molecule has 1 amide bonds. The van der Waals surface area contributed by atoms with E-state index in [4.69, 9.17) is 4.74 Å². The lowest BCUT2D eigenvalue weighted by molar-refractivity contribution is -0.143. The van der Waals surface area contributed by atoms with Crippen LogP contribution < -0.4 is 10.1 Å². The van der Waals surface area contributed by atoms with Gasteiger partial charge >= 0.3 is 12.4 Å². The van der Waals surface area contributed by atoms with Crippen molar-refractivity contribution in [2.24, 2.45) is 0 Å². The van der Waals surface area contributed by atoms with E-state index in [2.05, 4.69) is 5.32 Å². The highest BCUT2D eigenvalue weighted by molar-refractivity contribution is 7.89. The van der Waals surface area contributed by atoms with Crippen LogP contribution in [-0.2, 0) is 27.2 Å². The van der Waals surface area contributed by atoms with Crippen molar-refractivity contribution in [2.45, 2.75) is 29.7 Å². The van der Waals surface area contributed by atoms with Gasteiger partial charge in [0.15, 0.2) is 0 Å². The van der Waals surface area contributed by atoms with Gasteiger partial charge in [0.1, 0.15) is 5.75 Å². The Labute approximate surface area is 214 Å². The molecule has 0 aliphatic rings. The van der Waals surface area contributed by atoms with Gasteiger partial charge in [-0.1, -0.05) is 30.3 Å². The molecule has 0 bridgehead atoms. The normalized spacial score (nSPS) is 13.3. The second-order valence-electron chi connectivity index (χ2n) is 8.17. The Hall–Kier alpha value is -3.58. The molecule has 0 aliphatic heterocycles. The monoisotopic (exact) mass is 560 g/mol. The summed E-state index contributed by atoms with van der Waals surface area (Å²) in [5.74, 6) is -0.567. The number of nitrogens with one attached hydrogen (secondary N) is 1. The second-order valence-corrected chi connectivity index (χ2v) is 10.2. The van der Waals surface area contributed by atoms with Crippen molar-refractivity contribution in [1.29, 1.82) is 0 Å². The van der Waals surface area contributed by atoms with E-state index in [1.807, 2.05) is 0 Å². The smallest absolute Gasteiger partial charge is 0.416 e. The number of ether oxygens (including phenoxy) is 1. The van der Waals surface area contributed by atoms with E-state index in [0.717, 1.165) is 4.31 Å². The van der Waals surface area contributed by atoms with Crippen molar-refractivity contribution in [3.8, 4) is 5.75 Å². The number of hydrogen-bond donors (Lipinski definition) is 1. The summed E-state index contributed by atoms with van der Waals surface area (Å²) < 4.78 is 112. The van der Waals surface area contributed by atoms with E-state index < -0.39 is 57.6 Å². The highest BCUT2D eigenvalue weighted by atomic mass is 32.2. The maximum absolute atomic E-state index is 13.2. The van der Waals surface area contributed by atoms with Gasteiger partial charge in [0.2, 0.25) is 15.9 Å². The predicted octanol–water partition coefficient (Wildman–Crippen LogP) is 6.12. The van der Waals surface area contributed by atoms with Crippen molar-refractivity contribution in [3.63, 3.8) is 0 Å². The summed E-state index contributed by atoms with van der Waals surface area (Å²) in [6.45, 7) is 0. The van der Waals surface area contributed by atoms with Crippen LogP contribution in [-0.4, -0.2) is 32.8 Å². The lowest BCUT2D eigenvalue weighted by atomic mass is 10.0. The number of carbonyl (C=O) groups excluding carboxylic acids is 1. The molecule has 1 atom stereocenters. The Morgan fingerprint density at radius 1 is 0.895 bits per heavy atom. The first kappa shape index (κ1) is 29.0. The fraction of sp³-hybridized carbons (Fsp3) is 0.240. The summed E-state index contributed by atoms with van der Waals surface area (Å²) in [4.78, 5) is 12.8. The Balaban J connectivity index is 1.97. The third-order valence-electron chi connectivity index (χ3n) is 5.61. The number of carbonyl (C=O) groups is 1. The van der Waals surface area contributed by atoms with E-state index in [-0.39, 0.29) is 11.0 Å². The van der Waals surface area contributed by atoms with E-state index >= 15 is 0 Å². The first-order chi connectivity index (χ1) is 17.6. The molecule has 0 saturated carbocycles. The van der Waals surface area contributed by atoms with Crippen LogP contribution in [0.25, 0.3) is 0 Å². The maximum atomic E-state index is 13.2. The van der Waals surface area contributed by atoms with Crippen LogP contribution in [0.3, 0.4) is 0 Å². The van der Waals surface area contributed by atoms with E-state index in [1.54, 1.807) is 6.07 Å². The molecule has 3 rings (SSSR count). The highest BCUT2D eigenvalue weighted by Crippen LogP contribution is 2.38. The number of halogens is 6. The van der Waals surface area contributed by atoms with Gasteiger partial charge in [0.25, 0.3) is 0 Å². The molecule has 0 aliphatic carbocycles. The molecule has 1 N–H and O–H groups in total. The van der Waals surface area contributed by atoms with Gasteiger partial charge < -0.3 is 10.1 Å². The zero-order valence-corrected chi connectivity index (χ0v) is 20.8. The molecule has 0 saturated heterocycles. The third-order valence-corrected chi connectivity index (χ3v) is 7.49. The van der Waals surface area contributed by atoms with Crippen LogP contribution in [0.5, 0.6) is 5.75 Å². The van der Waals surface area contributed by atoms with Crippen molar-refractivity contribution >= 4 is 21.6 Å². The molecule has 0 heterocycles. The summed E-state index contributed by atoms with van der Waals surface area (Å²) in [5, 5.41) is 2.05. The van der Waals surface area contributed by atoms with Gasteiger partial charge in [-0.15, -0.1) is 0 Å². The zero-order chi connectivity index (χ0) is 28.3. The molecule has 0 unspecified atom stereocenters. The minimum atomic E-state index is -5.10.